The number of hydrogen-bond acceptors (Lipinski definition) is 4. The van der Waals surface area contributed by atoms with Crippen LogP contribution in [0, 0.1) is 0 Å². The minimum Gasteiger partial charge on any atom is -0.444 e. The van der Waals surface area contributed by atoms with Gasteiger partial charge in [-0.15, -0.1) is 0 Å². The van der Waals surface area contributed by atoms with Crippen molar-refractivity contribution in [2.75, 3.05) is 26.3 Å². The summed E-state index contributed by atoms with van der Waals surface area (Å²) in [5.41, 5.74) is -0.462. The van der Waals surface area contributed by atoms with E-state index in [1.165, 1.54) is 0 Å². The van der Waals surface area contributed by atoms with Crippen molar-refractivity contribution in [2.24, 2.45) is 0 Å². The Morgan fingerprint density at radius 2 is 2.24 bits per heavy atom. The first-order valence-corrected chi connectivity index (χ1v) is 6.13. The molecule has 0 bridgehead atoms. The quantitative estimate of drug-likeness (QED) is 0.816. The highest BCUT2D eigenvalue weighted by atomic mass is 16.6. The van der Waals surface area contributed by atoms with E-state index in [1.807, 2.05) is 20.8 Å². The van der Waals surface area contributed by atoms with Crippen molar-refractivity contribution in [3.05, 3.63) is 0 Å². The van der Waals surface area contributed by atoms with Gasteiger partial charge in [0.25, 0.3) is 0 Å². The van der Waals surface area contributed by atoms with Crippen LogP contribution in [0.2, 0.25) is 0 Å². The van der Waals surface area contributed by atoms with Crippen molar-refractivity contribution in [2.45, 2.75) is 45.3 Å². The molecular weight excluding hydrogens is 222 g/mol. The number of nitrogens with zero attached hydrogens (tertiary/aromatic N) is 1. The molecule has 0 aromatic heterocycles. The molecule has 0 unspecified atom stereocenters. The second kappa shape index (κ2) is 6.21. The Balaban J connectivity index is 2.40. The van der Waals surface area contributed by atoms with Gasteiger partial charge in [-0.3, -0.25) is 0 Å². The lowest BCUT2D eigenvalue weighted by Crippen LogP contribution is -2.47. The topological polar surface area (TPSA) is 59.0 Å². The third kappa shape index (κ3) is 5.37. The van der Waals surface area contributed by atoms with Gasteiger partial charge in [-0.1, -0.05) is 0 Å². The summed E-state index contributed by atoms with van der Waals surface area (Å²) >= 11 is 0. The SMILES string of the molecule is CC(C)(C)OC(=O)N1CCO[C@H](CCCO)C1. The second-order valence-corrected chi connectivity index (χ2v) is 5.28. The van der Waals surface area contributed by atoms with Crippen molar-refractivity contribution in [1.29, 1.82) is 0 Å². The smallest absolute Gasteiger partial charge is 0.410 e. The molecule has 0 radical (unpaired) electrons. The van der Waals surface area contributed by atoms with Crippen LogP contribution in [0.5, 0.6) is 0 Å². The maximum atomic E-state index is 11.8. The van der Waals surface area contributed by atoms with E-state index in [9.17, 15) is 4.79 Å². The van der Waals surface area contributed by atoms with Gasteiger partial charge >= 0.3 is 6.09 Å². The van der Waals surface area contributed by atoms with Gasteiger partial charge in [-0.05, 0) is 33.6 Å². The van der Waals surface area contributed by atoms with E-state index in [0.717, 1.165) is 6.42 Å². The Labute approximate surface area is 103 Å². The Bertz CT molecular complexity index is 249. The minimum atomic E-state index is -0.462. The molecule has 0 saturated carbocycles. The molecule has 0 aromatic carbocycles. The molecule has 0 aromatic rings. The highest BCUT2D eigenvalue weighted by Crippen LogP contribution is 2.15. The molecule has 1 N–H and O–H groups in total. The fraction of sp³-hybridized carbons (Fsp3) is 0.917. The lowest BCUT2D eigenvalue weighted by atomic mass is 10.1. The molecular formula is C12H23NO4. The first kappa shape index (κ1) is 14.3. The largest absolute Gasteiger partial charge is 0.444 e. The summed E-state index contributed by atoms with van der Waals surface area (Å²) in [7, 11) is 0. The van der Waals surface area contributed by atoms with Crippen molar-refractivity contribution >= 4 is 6.09 Å². The molecule has 1 aliphatic heterocycles. The predicted molar refractivity (Wildman–Crippen MR) is 63.9 cm³/mol. The van der Waals surface area contributed by atoms with Crippen molar-refractivity contribution in [3.63, 3.8) is 0 Å². The number of aliphatic hydroxyl groups is 1. The summed E-state index contributed by atoms with van der Waals surface area (Å²) in [6.07, 6.45) is 1.21. The molecule has 5 heteroatoms. The number of carbonyl (C=O) groups excluding carboxylic acids is 1. The molecule has 1 amide bonds. The molecule has 1 atom stereocenters. The molecule has 1 saturated heterocycles. The minimum absolute atomic E-state index is 0.0171. The number of rotatable bonds is 3. The zero-order chi connectivity index (χ0) is 12.9. The Morgan fingerprint density at radius 3 is 2.82 bits per heavy atom. The standard InChI is InChI=1S/C12H23NO4/c1-12(2,3)17-11(15)13-6-8-16-10(9-13)5-4-7-14/h10,14H,4-9H2,1-3H3/t10-/m1/s1. The Morgan fingerprint density at radius 1 is 1.53 bits per heavy atom. The van der Waals surface area contributed by atoms with E-state index in [-0.39, 0.29) is 18.8 Å². The fourth-order valence-electron chi connectivity index (χ4n) is 1.71. The van der Waals surface area contributed by atoms with Gasteiger partial charge in [-0.2, -0.15) is 0 Å². The summed E-state index contributed by atoms with van der Waals surface area (Å²) in [6, 6.07) is 0. The van der Waals surface area contributed by atoms with E-state index >= 15 is 0 Å². The predicted octanol–water partition coefficient (Wildman–Crippen LogP) is 1.39. The van der Waals surface area contributed by atoms with Gasteiger partial charge in [0.05, 0.1) is 19.3 Å². The average Bonchev–Trinajstić information content (AvgIpc) is 2.24. The summed E-state index contributed by atoms with van der Waals surface area (Å²) in [6.45, 7) is 7.39. The van der Waals surface area contributed by atoms with Gasteiger partial charge in [0, 0.05) is 13.2 Å². The monoisotopic (exact) mass is 245 g/mol. The number of amides is 1. The zero-order valence-electron chi connectivity index (χ0n) is 10.9. The third-order valence-corrected chi connectivity index (χ3v) is 2.47. The van der Waals surface area contributed by atoms with Crippen LogP contribution in [0.25, 0.3) is 0 Å². The van der Waals surface area contributed by atoms with E-state index in [2.05, 4.69) is 0 Å². The van der Waals surface area contributed by atoms with Crippen LogP contribution in [-0.4, -0.2) is 54.1 Å². The van der Waals surface area contributed by atoms with Crippen molar-refractivity contribution in [1.82, 2.24) is 4.90 Å². The summed E-state index contributed by atoms with van der Waals surface area (Å²) < 4.78 is 10.8. The van der Waals surface area contributed by atoms with Gasteiger partial charge in [-0.25, -0.2) is 4.79 Å². The van der Waals surface area contributed by atoms with Crippen molar-refractivity contribution in [3.8, 4) is 0 Å². The number of aliphatic hydroxyl groups excluding tert-OH is 1. The van der Waals surface area contributed by atoms with E-state index in [4.69, 9.17) is 14.6 Å². The highest BCUT2D eigenvalue weighted by Gasteiger charge is 2.27. The first-order chi connectivity index (χ1) is 7.92. The summed E-state index contributed by atoms with van der Waals surface area (Å²) in [5, 5.41) is 8.76. The van der Waals surface area contributed by atoms with Crippen LogP contribution in [0.15, 0.2) is 0 Å². The Hall–Kier alpha value is -0.810. The van der Waals surface area contributed by atoms with Crippen LogP contribution in [0.4, 0.5) is 4.79 Å². The first-order valence-electron chi connectivity index (χ1n) is 6.13. The molecule has 0 aliphatic carbocycles. The highest BCUT2D eigenvalue weighted by molar-refractivity contribution is 5.68. The number of hydrogen-bond donors (Lipinski definition) is 1. The number of ether oxygens (including phenoxy) is 2. The second-order valence-electron chi connectivity index (χ2n) is 5.28. The molecule has 0 spiro atoms. The zero-order valence-corrected chi connectivity index (χ0v) is 10.9. The van der Waals surface area contributed by atoms with Gasteiger partial charge in [0.15, 0.2) is 0 Å². The van der Waals surface area contributed by atoms with Gasteiger partial charge in [0.1, 0.15) is 5.60 Å². The van der Waals surface area contributed by atoms with E-state index < -0.39 is 5.60 Å². The summed E-state index contributed by atoms with van der Waals surface area (Å²) in [4.78, 5) is 13.5. The normalized spacial score (nSPS) is 21.4. The third-order valence-electron chi connectivity index (χ3n) is 2.47. The van der Waals surface area contributed by atoms with Crippen LogP contribution in [0.3, 0.4) is 0 Å². The van der Waals surface area contributed by atoms with Gasteiger partial charge in [0.2, 0.25) is 0 Å². The lowest BCUT2D eigenvalue weighted by Gasteiger charge is -2.34. The summed E-state index contributed by atoms with van der Waals surface area (Å²) in [5.74, 6) is 0. The molecule has 100 valence electrons. The fourth-order valence-corrected chi connectivity index (χ4v) is 1.71. The van der Waals surface area contributed by atoms with Crippen LogP contribution in [-0.2, 0) is 9.47 Å². The van der Waals surface area contributed by atoms with Crippen LogP contribution >= 0.6 is 0 Å². The van der Waals surface area contributed by atoms with Gasteiger partial charge < -0.3 is 19.5 Å². The van der Waals surface area contributed by atoms with E-state index in [1.54, 1.807) is 4.90 Å². The number of morpholine rings is 1. The molecule has 1 heterocycles. The van der Waals surface area contributed by atoms with Crippen molar-refractivity contribution < 1.29 is 19.4 Å². The maximum Gasteiger partial charge on any atom is 0.410 e. The van der Waals surface area contributed by atoms with E-state index in [0.29, 0.717) is 26.1 Å². The van der Waals surface area contributed by atoms with Crippen LogP contribution in [0.1, 0.15) is 33.6 Å². The average molecular weight is 245 g/mol. The molecule has 1 rings (SSSR count). The molecule has 5 nitrogen and oxygen atoms in total. The lowest BCUT2D eigenvalue weighted by molar-refractivity contribution is -0.0459. The molecule has 1 fully saturated rings. The molecule has 17 heavy (non-hydrogen) atoms. The van der Waals surface area contributed by atoms with Crippen LogP contribution < -0.4 is 0 Å². The maximum absolute atomic E-state index is 11.8. The molecule has 1 aliphatic rings. The number of carbonyl (C=O) groups is 1. The Kier molecular flexibility index (Phi) is 5.21.